The maximum atomic E-state index is 12.6. The number of aryl methyl sites for hydroxylation is 1. The van der Waals surface area contributed by atoms with Crippen molar-refractivity contribution in [2.45, 2.75) is 32.6 Å². The summed E-state index contributed by atoms with van der Waals surface area (Å²) in [6.45, 7) is 5.19. The third-order valence-corrected chi connectivity index (χ3v) is 8.04. The molecular formula is C30H34N4O2S. The van der Waals surface area contributed by atoms with E-state index in [1.165, 1.54) is 18.4 Å². The van der Waals surface area contributed by atoms with Crippen LogP contribution in [0.2, 0.25) is 0 Å². The summed E-state index contributed by atoms with van der Waals surface area (Å²) in [5.41, 5.74) is 6.14. The molecule has 0 bridgehead atoms. The van der Waals surface area contributed by atoms with Gasteiger partial charge in [-0.3, -0.25) is 9.89 Å². The highest BCUT2D eigenvalue weighted by molar-refractivity contribution is 7.10. The summed E-state index contributed by atoms with van der Waals surface area (Å²) < 4.78 is 0. The minimum absolute atomic E-state index is 0.0126. The number of rotatable bonds is 9. The zero-order chi connectivity index (χ0) is 25.6. The Morgan fingerprint density at radius 3 is 2.84 bits per heavy atom. The molecule has 7 heteroatoms. The number of aliphatic hydroxyl groups excluding tert-OH is 1. The number of nitrogens with zero attached hydrogens (tertiary/aromatic N) is 2. The first kappa shape index (κ1) is 25.4. The van der Waals surface area contributed by atoms with E-state index in [1.54, 1.807) is 11.3 Å². The average Bonchev–Trinajstić information content (AvgIpc) is 3.54. The number of hydrogen-bond donors (Lipinski definition) is 3. The van der Waals surface area contributed by atoms with Gasteiger partial charge in [0.2, 0.25) is 5.91 Å². The second-order valence-corrected chi connectivity index (χ2v) is 10.9. The van der Waals surface area contributed by atoms with E-state index in [1.807, 2.05) is 42.6 Å². The summed E-state index contributed by atoms with van der Waals surface area (Å²) in [6, 6.07) is 16.7. The molecule has 1 amide bonds. The molecule has 0 spiro atoms. The van der Waals surface area contributed by atoms with Crippen molar-refractivity contribution in [3.63, 3.8) is 0 Å². The molecule has 5 rings (SSSR count). The Morgan fingerprint density at radius 2 is 2.05 bits per heavy atom. The highest BCUT2D eigenvalue weighted by Gasteiger charge is 2.19. The number of H-pyrrole nitrogens is 1. The number of aromatic nitrogens is 2. The van der Waals surface area contributed by atoms with E-state index in [-0.39, 0.29) is 12.5 Å². The highest BCUT2D eigenvalue weighted by atomic mass is 32.1. The molecule has 4 aromatic rings. The minimum Gasteiger partial charge on any atom is -0.395 e. The predicted octanol–water partition coefficient (Wildman–Crippen LogP) is 5.53. The Labute approximate surface area is 222 Å². The number of benzene rings is 2. The number of carbonyl (C=O) groups excluding carboxylic acids is 1. The lowest BCUT2D eigenvalue weighted by atomic mass is 9.89. The first-order valence-corrected chi connectivity index (χ1v) is 13.9. The van der Waals surface area contributed by atoms with Crippen molar-refractivity contribution in [3.05, 3.63) is 81.2 Å². The van der Waals surface area contributed by atoms with Gasteiger partial charge in [-0.1, -0.05) is 36.4 Å². The quantitative estimate of drug-likeness (QED) is 0.274. The van der Waals surface area contributed by atoms with Gasteiger partial charge in [0.15, 0.2) is 0 Å². The number of nitrogens with one attached hydrogen (secondary N) is 2. The van der Waals surface area contributed by atoms with Crippen molar-refractivity contribution in [3.8, 4) is 0 Å². The molecule has 1 saturated heterocycles. The van der Waals surface area contributed by atoms with Gasteiger partial charge in [0.1, 0.15) is 0 Å². The highest BCUT2D eigenvalue weighted by Crippen LogP contribution is 2.27. The molecule has 0 saturated carbocycles. The number of amides is 1. The van der Waals surface area contributed by atoms with Crippen LogP contribution in [0, 0.1) is 12.8 Å². The van der Waals surface area contributed by atoms with Crippen LogP contribution in [0.5, 0.6) is 0 Å². The normalized spacial score (nSPS) is 15.1. The molecule has 1 fully saturated rings. The predicted molar refractivity (Wildman–Crippen MR) is 153 cm³/mol. The maximum absolute atomic E-state index is 12.6. The van der Waals surface area contributed by atoms with E-state index in [4.69, 9.17) is 5.11 Å². The van der Waals surface area contributed by atoms with E-state index in [0.29, 0.717) is 12.3 Å². The number of anilines is 1. The Bertz CT molecular complexity index is 1370. The van der Waals surface area contributed by atoms with E-state index >= 15 is 0 Å². The largest absolute Gasteiger partial charge is 0.395 e. The van der Waals surface area contributed by atoms with E-state index < -0.39 is 0 Å². The molecule has 3 N–H and O–H groups in total. The molecule has 192 valence electrons. The van der Waals surface area contributed by atoms with Crippen molar-refractivity contribution in [2.75, 3.05) is 31.6 Å². The second-order valence-electron chi connectivity index (χ2n) is 9.92. The number of aromatic amines is 1. The molecule has 0 unspecified atom stereocenters. The van der Waals surface area contributed by atoms with Crippen molar-refractivity contribution in [1.29, 1.82) is 0 Å². The minimum atomic E-state index is -0.0126. The molecule has 0 aliphatic carbocycles. The first-order valence-electron chi connectivity index (χ1n) is 13.0. The fourth-order valence-corrected chi connectivity index (χ4v) is 5.81. The zero-order valence-electron chi connectivity index (χ0n) is 21.2. The topological polar surface area (TPSA) is 81.2 Å². The smallest absolute Gasteiger partial charge is 0.229 e. The molecule has 2 aromatic carbocycles. The molecule has 2 aromatic heterocycles. The van der Waals surface area contributed by atoms with Crippen molar-refractivity contribution >= 4 is 46.0 Å². The molecule has 37 heavy (non-hydrogen) atoms. The van der Waals surface area contributed by atoms with Crippen molar-refractivity contribution in [2.24, 2.45) is 5.92 Å². The van der Waals surface area contributed by atoms with Gasteiger partial charge < -0.3 is 15.3 Å². The van der Waals surface area contributed by atoms with Crippen LogP contribution in [0.15, 0.2) is 53.9 Å². The Hall–Kier alpha value is -3.26. The van der Waals surface area contributed by atoms with Crippen LogP contribution >= 0.6 is 11.3 Å². The van der Waals surface area contributed by atoms with Crippen LogP contribution in [0.4, 0.5) is 5.69 Å². The zero-order valence-corrected chi connectivity index (χ0v) is 22.1. The summed E-state index contributed by atoms with van der Waals surface area (Å²) in [7, 11) is 0. The molecule has 1 aliphatic rings. The molecule has 6 nitrogen and oxygen atoms in total. The van der Waals surface area contributed by atoms with Crippen molar-refractivity contribution < 1.29 is 9.90 Å². The van der Waals surface area contributed by atoms with Crippen LogP contribution in [-0.2, 0) is 17.6 Å². The number of piperidine rings is 1. The van der Waals surface area contributed by atoms with Gasteiger partial charge in [-0.25, -0.2) is 0 Å². The number of carbonyl (C=O) groups is 1. The molecular weight excluding hydrogens is 480 g/mol. The Kier molecular flexibility index (Phi) is 8.14. The number of hydrogen-bond acceptors (Lipinski definition) is 5. The summed E-state index contributed by atoms with van der Waals surface area (Å²) in [5.74, 6) is 0.683. The first-order chi connectivity index (χ1) is 18.1. The molecule has 0 radical (unpaired) electrons. The van der Waals surface area contributed by atoms with Crippen LogP contribution in [0.1, 0.15) is 40.1 Å². The number of aliphatic hydroxyl groups is 1. The Morgan fingerprint density at radius 1 is 1.19 bits per heavy atom. The standard InChI is InChI=1S/C30H34N4O2S/c1-21-16-29-26(20-28(21)31-30(36)19-25-6-3-15-37-25)27(32-33-29)8-7-22-4-2-5-24(17-22)18-23-9-11-34(12-10-23)13-14-35/h2-8,15-17,20,23,35H,9-14,18-19H2,1H3,(H,31,36)(H,32,33)/b8-7+. The van der Waals surface area contributed by atoms with Crippen LogP contribution in [0.25, 0.3) is 23.1 Å². The fraction of sp³-hybridized carbons (Fsp3) is 0.333. The third-order valence-electron chi connectivity index (χ3n) is 7.16. The molecule has 1 aliphatic heterocycles. The number of thiophene rings is 1. The summed E-state index contributed by atoms with van der Waals surface area (Å²) in [4.78, 5) is 16.0. The lowest BCUT2D eigenvalue weighted by Gasteiger charge is -2.31. The van der Waals surface area contributed by atoms with Gasteiger partial charge in [0.25, 0.3) is 0 Å². The SMILES string of the molecule is Cc1cc2[nH]nc(/C=C/c3cccc(CC4CCN(CCO)CC4)c3)c2cc1NC(=O)Cc1cccs1. The van der Waals surface area contributed by atoms with Crippen LogP contribution in [0.3, 0.4) is 0 Å². The van der Waals surface area contributed by atoms with E-state index in [2.05, 4.69) is 50.8 Å². The summed E-state index contributed by atoms with van der Waals surface area (Å²) in [5, 5.41) is 22.9. The number of fused-ring (bicyclic) bond motifs is 1. The van der Waals surface area contributed by atoms with Crippen molar-refractivity contribution in [1.82, 2.24) is 15.1 Å². The van der Waals surface area contributed by atoms with E-state index in [0.717, 1.165) is 64.3 Å². The molecule has 3 heterocycles. The van der Waals surface area contributed by atoms with Gasteiger partial charge in [0.05, 0.1) is 24.2 Å². The Balaban J connectivity index is 1.26. The fourth-order valence-electron chi connectivity index (χ4n) is 5.11. The van der Waals surface area contributed by atoms with Gasteiger partial charge in [-0.15, -0.1) is 11.3 Å². The third kappa shape index (κ3) is 6.55. The van der Waals surface area contributed by atoms with E-state index in [9.17, 15) is 4.79 Å². The van der Waals surface area contributed by atoms with Gasteiger partial charge in [-0.05, 0) is 91.5 Å². The number of likely N-dealkylation sites (tertiary alicyclic amines) is 1. The molecule has 0 atom stereocenters. The maximum Gasteiger partial charge on any atom is 0.229 e. The summed E-state index contributed by atoms with van der Waals surface area (Å²) in [6.07, 6.45) is 7.99. The summed E-state index contributed by atoms with van der Waals surface area (Å²) >= 11 is 1.59. The average molecular weight is 515 g/mol. The lowest BCUT2D eigenvalue weighted by Crippen LogP contribution is -2.36. The van der Waals surface area contributed by atoms with Crippen LogP contribution in [-0.4, -0.2) is 52.4 Å². The second kappa shape index (κ2) is 11.9. The monoisotopic (exact) mass is 514 g/mol. The van der Waals surface area contributed by atoms with Gasteiger partial charge >= 0.3 is 0 Å². The lowest BCUT2D eigenvalue weighted by molar-refractivity contribution is -0.115. The number of β-amino-alcohol motifs (C(OH)–C–C–N with tert-alkyl or cyclic N) is 1. The van der Waals surface area contributed by atoms with Gasteiger partial charge in [0, 0.05) is 22.5 Å². The van der Waals surface area contributed by atoms with Gasteiger partial charge in [-0.2, -0.15) is 5.10 Å². The van der Waals surface area contributed by atoms with Crippen LogP contribution < -0.4 is 5.32 Å².